The predicted molar refractivity (Wildman–Crippen MR) is 161 cm³/mol. The summed E-state index contributed by atoms with van der Waals surface area (Å²) >= 11 is 23.5. The van der Waals surface area contributed by atoms with Crippen molar-refractivity contribution in [1.29, 1.82) is 0 Å². The van der Waals surface area contributed by atoms with Gasteiger partial charge in [-0.05, 0) is 84.3 Å². The van der Waals surface area contributed by atoms with E-state index < -0.39 is 34.4 Å². The summed E-state index contributed by atoms with van der Waals surface area (Å²) in [7, 11) is 0. The third kappa shape index (κ3) is 6.86. The molecule has 0 aliphatic heterocycles. The molecule has 216 valence electrons. The first-order chi connectivity index (χ1) is 19.9. The van der Waals surface area contributed by atoms with Crippen molar-refractivity contribution in [3.63, 3.8) is 0 Å². The van der Waals surface area contributed by atoms with Gasteiger partial charge in [-0.25, -0.2) is 8.78 Å². The van der Waals surface area contributed by atoms with Gasteiger partial charge in [-0.2, -0.15) is 0 Å². The molecule has 0 unspecified atom stereocenters. The van der Waals surface area contributed by atoms with Crippen molar-refractivity contribution in [2.24, 2.45) is 0 Å². The van der Waals surface area contributed by atoms with Crippen molar-refractivity contribution >= 4 is 96.1 Å². The van der Waals surface area contributed by atoms with Gasteiger partial charge >= 0.3 is 37.7 Å². The first-order valence-electron chi connectivity index (χ1n) is 12.8. The third-order valence-electron chi connectivity index (χ3n) is 7.79. The van der Waals surface area contributed by atoms with Gasteiger partial charge in [0.05, 0.1) is 32.0 Å². The molecule has 2 aliphatic carbocycles. The minimum absolute atomic E-state index is 0. The normalized spacial score (nSPS) is 15.4. The smallest absolute Gasteiger partial charge is 0.549 e. The van der Waals surface area contributed by atoms with Crippen LogP contribution in [0.5, 0.6) is 0 Å². The summed E-state index contributed by atoms with van der Waals surface area (Å²) in [6.07, 6.45) is 1.95. The Morgan fingerprint density at radius 2 is 0.907 bits per heavy atom. The second-order valence-corrected chi connectivity index (χ2v) is 12.0. The standard InChI is InChI=1S/2C16H11Cl2FO2.Ca/c2*17-12-4-1-9(7-13(12)18)11-3-2-10(8-14(11)19)16(5-6-16)15(20)21;/h2*1-4,7-8H,5-6H2,(H,20,21);/q;;+2/p-2. The molecule has 0 N–H and O–H groups in total. The number of rotatable bonds is 6. The van der Waals surface area contributed by atoms with Crippen molar-refractivity contribution in [2.75, 3.05) is 0 Å². The van der Waals surface area contributed by atoms with Gasteiger partial charge in [0.25, 0.3) is 0 Å². The molecular weight excluding hydrogens is 668 g/mol. The van der Waals surface area contributed by atoms with Crippen LogP contribution in [-0.2, 0) is 20.4 Å². The molecule has 4 aromatic rings. The van der Waals surface area contributed by atoms with Crippen LogP contribution in [0.15, 0.2) is 72.8 Å². The van der Waals surface area contributed by atoms with Crippen molar-refractivity contribution in [3.8, 4) is 22.3 Å². The van der Waals surface area contributed by atoms with Crippen LogP contribution in [0.4, 0.5) is 8.78 Å². The van der Waals surface area contributed by atoms with Gasteiger partial charge < -0.3 is 19.8 Å². The summed E-state index contributed by atoms with van der Waals surface area (Å²) in [5.41, 5.74) is 0.748. The molecule has 0 amide bonds. The Kier molecular flexibility index (Phi) is 10.4. The number of carboxylic acid groups (broad SMARTS) is 2. The summed E-state index contributed by atoms with van der Waals surface area (Å²) < 4.78 is 28.6. The van der Waals surface area contributed by atoms with Gasteiger partial charge in [-0.15, -0.1) is 0 Å². The molecule has 4 aromatic carbocycles. The summed E-state index contributed by atoms with van der Waals surface area (Å²) in [5.74, 6) is -3.27. The van der Waals surface area contributed by atoms with E-state index in [0.29, 0.717) is 79.2 Å². The van der Waals surface area contributed by atoms with E-state index in [1.807, 2.05) is 0 Å². The Hall–Kier alpha value is -1.90. The van der Waals surface area contributed by atoms with Gasteiger partial charge in [0.15, 0.2) is 0 Å². The van der Waals surface area contributed by atoms with Crippen molar-refractivity contribution in [2.45, 2.75) is 36.5 Å². The summed E-state index contributed by atoms with van der Waals surface area (Å²) in [6.45, 7) is 0. The molecule has 6 rings (SSSR count). The molecule has 4 nitrogen and oxygen atoms in total. The van der Waals surface area contributed by atoms with Gasteiger partial charge in [0.1, 0.15) is 11.6 Å². The Labute approximate surface area is 296 Å². The van der Waals surface area contributed by atoms with Gasteiger partial charge in [-0.1, -0.05) is 82.8 Å². The molecule has 2 aliphatic rings. The second-order valence-electron chi connectivity index (χ2n) is 10.4. The number of halogens is 6. The van der Waals surface area contributed by atoms with Crippen LogP contribution in [0.1, 0.15) is 36.8 Å². The first kappa shape index (κ1) is 34.0. The molecule has 0 radical (unpaired) electrons. The zero-order valence-corrected chi connectivity index (χ0v) is 27.6. The maximum Gasteiger partial charge on any atom is 2.00 e. The Balaban J connectivity index is 0.000000192. The molecule has 43 heavy (non-hydrogen) atoms. The largest absolute Gasteiger partial charge is 2.00 e. The molecular formula is C32H20CaCl4F2O4. The molecule has 2 saturated carbocycles. The van der Waals surface area contributed by atoms with Gasteiger partial charge in [0, 0.05) is 22.0 Å². The van der Waals surface area contributed by atoms with E-state index in [0.717, 1.165) is 0 Å². The van der Waals surface area contributed by atoms with E-state index in [-0.39, 0.29) is 37.7 Å². The number of carbonyl (C=O) groups excluding carboxylic acids is 2. The van der Waals surface area contributed by atoms with Crippen molar-refractivity contribution < 1.29 is 28.6 Å². The van der Waals surface area contributed by atoms with Crippen LogP contribution in [0.25, 0.3) is 22.3 Å². The number of hydrogen-bond acceptors (Lipinski definition) is 4. The molecule has 0 aromatic heterocycles. The van der Waals surface area contributed by atoms with Crippen LogP contribution >= 0.6 is 46.4 Å². The average Bonchev–Trinajstić information content (AvgIpc) is 3.86. The summed E-state index contributed by atoms with van der Waals surface area (Å²) in [5, 5.41) is 23.8. The SMILES string of the molecule is O=C([O-])C1(c2ccc(-c3ccc(Cl)c(Cl)c3)c(F)c2)CC1.O=C([O-])C1(c2ccc(-c3ccc(Cl)c(Cl)c3)c(F)c2)CC1.[Ca+2]. The topological polar surface area (TPSA) is 80.3 Å². The summed E-state index contributed by atoms with van der Waals surface area (Å²) in [4.78, 5) is 22.3. The van der Waals surface area contributed by atoms with E-state index in [4.69, 9.17) is 46.4 Å². The number of carbonyl (C=O) groups is 2. The minimum atomic E-state index is -1.15. The molecule has 11 heteroatoms. The molecule has 0 atom stereocenters. The van der Waals surface area contributed by atoms with E-state index in [9.17, 15) is 28.6 Å². The maximum atomic E-state index is 14.3. The van der Waals surface area contributed by atoms with Gasteiger partial charge in [-0.3, -0.25) is 0 Å². The third-order valence-corrected chi connectivity index (χ3v) is 9.26. The fraction of sp³-hybridized carbons (Fsp3) is 0.188. The quantitative estimate of drug-likeness (QED) is 0.209. The maximum absolute atomic E-state index is 14.3. The van der Waals surface area contributed by atoms with E-state index in [1.165, 1.54) is 12.1 Å². The van der Waals surface area contributed by atoms with Crippen LogP contribution in [0, 0.1) is 11.6 Å². The second kappa shape index (κ2) is 13.2. The van der Waals surface area contributed by atoms with Crippen molar-refractivity contribution in [3.05, 3.63) is 116 Å². The average molecular weight is 688 g/mol. The van der Waals surface area contributed by atoms with Crippen LogP contribution in [-0.4, -0.2) is 49.7 Å². The van der Waals surface area contributed by atoms with E-state index >= 15 is 0 Å². The van der Waals surface area contributed by atoms with E-state index in [2.05, 4.69) is 0 Å². The first-order valence-corrected chi connectivity index (χ1v) is 14.3. The monoisotopic (exact) mass is 686 g/mol. The number of carboxylic acids is 2. The van der Waals surface area contributed by atoms with Crippen LogP contribution in [0.3, 0.4) is 0 Å². The zero-order valence-electron chi connectivity index (χ0n) is 22.4. The zero-order chi connectivity index (χ0) is 30.4. The molecule has 0 heterocycles. The Bertz CT molecular complexity index is 1610. The summed E-state index contributed by atoms with van der Waals surface area (Å²) in [6, 6.07) is 18.6. The van der Waals surface area contributed by atoms with Gasteiger partial charge in [0.2, 0.25) is 0 Å². The molecule has 0 spiro atoms. The number of aliphatic carboxylic acids is 2. The molecule has 0 bridgehead atoms. The van der Waals surface area contributed by atoms with Crippen LogP contribution in [0.2, 0.25) is 20.1 Å². The fourth-order valence-electron chi connectivity index (χ4n) is 4.89. The Morgan fingerprint density at radius 1 is 0.558 bits per heavy atom. The van der Waals surface area contributed by atoms with Crippen molar-refractivity contribution in [1.82, 2.24) is 0 Å². The fourth-order valence-corrected chi connectivity index (χ4v) is 5.49. The molecule has 0 saturated heterocycles. The number of benzene rings is 4. The minimum Gasteiger partial charge on any atom is -0.549 e. The van der Waals surface area contributed by atoms with Crippen LogP contribution < -0.4 is 10.2 Å². The van der Waals surface area contributed by atoms with E-state index in [1.54, 1.807) is 60.7 Å². The number of hydrogen-bond donors (Lipinski definition) is 0. The molecule has 2 fully saturated rings. The Morgan fingerprint density at radius 3 is 1.16 bits per heavy atom. The predicted octanol–water partition coefficient (Wildman–Crippen LogP) is 6.78.